The molecule has 0 saturated heterocycles. The van der Waals surface area contributed by atoms with Gasteiger partial charge < -0.3 is 47.4 Å². The number of nitrogens with two attached hydrogens (primary N) is 2. The highest BCUT2D eigenvalue weighted by Crippen LogP contribution is 2.53. The molecule has 40 heavy (non-hydrogen) atoms. The van der Waals surface area contributed by atoms with E-state index in [0.717, 1.165) is 0 Å². The summed E-state index contributed by atoms with van der Waals surface area (Å²) in [6.45, 7) is 5.57. The standard InChI is InChI=1S/C27H35N5O8/c1-26(2,3)30-9-15(33)31-13-8-14(32(4)5)11-6-10-7-12-19(28)22(36)18(25(29)39)24(38)27(12,40)23(37)16(10)21(35)17(11)20(13)34/h8,10,12,19,30,34,36-37,40H,6-7,9,28H2,1-5H3,(H2,29,39)(H,31,33)/t10-,12-,19-,27-/m0/s1. The van der Waals surface area contributed by atoms with Gasteiger partial charge in [-0.05, 0) is 51.2 Å². The van der Waals surface area contributed by atoms with Crippen molar-refractivity contribution in [3.63, 3.8) is 0 Å². The summed E-state index contributed by atoms with van der Waals surface area (Å²) in [4.78, 5) is 53.3. The monoisotopic (exact) mass is 557 g/mol. The molecule has 0 fully saturated rings. The van der Waals surface area contributed by atoms with Crippen LogP contribution in [0, 0.1) is 11.8 Å². The van der Waals surface area contributed by atoms with Gasteiger partial charge in [0.05, 0.1) is 23.8 Å². The molecule has 3 aliphatic carbocycles. The van der Waals surface area contributed by atoms with Crippen molar-refractivity contribution in [2.24, 2.45) is 23.3 Å². The summed E-state index contributed by atoms with van der Waals surface area (Å²) < 4.78 is 0. The molecule has 216 valence electrons. The molecule has 0 aliphatic heterocycles. The van der Waals surface area contributed by atoms with E-state index < -0.39 is 69.7 Å². The maximum Gasteiger partial charge on any atom is 0.255 e. The summed E-state index contributed by atoms with van der Waals surface area (Å²) in [6, 6.07) is 0.111. The van der Waals surface area contributed by atoms with Crippen molar-refractivity contribution in [3.05, 3.63) is 39.9 Å². The van der Waals surface area contributed by atoms with Crippen molar-refractivity contribution in [2.75, 3.05) is 30.9 Å². The molecule has 0 saturated carbocycles. The highest BCUT2D eigenvalue weighted by Gasteiger charge is 2.62. The number of phenols is 1. The zero-order valence-electron chi connectivity index (χ0n) is 23.0. The number of rotatable bonds is 5. The van der Waals surface area contributed by atoms with E-state index >= 15 is 0 Å². The Hall–Kier alpha value is -3.94. The second kappa shape index (κ2) is 9.61. The number of Topliss-reactive ketones (excluding diaryl/α,β-unsaturated/α-hetero) is 2. The Labute approximate surface area is 230 Å². The number of ketones is 2. The van der Waals surface area contributed by atoms with Crippen LogP contribution in [0.1, 0.15) is 43.1 Å². The fraction of sp³-hybridized carbons (Fsp3) is 0.481. The second-order valence-corrected chi connectivity index (χ2v) is 11.8. The van der Waals surface area contributed by atoms with E-state index in [1.165, 1.54) is 6.07 Å². The van der Waals surface area contributed by atoms with Gasteiger partial charge in [-0.15, -0.1) is 0 Å². The number of hydrogen-bond acceptors (Lipinski definition) is 11. The van der Waals surface area contributed by atoms with Gasteiger partial charge in [0.2, 0.25) is 11.7 Å². The lowest BCUT2D eigenvalue weighted by Gasteiger charge is -2.48. The minimum atomic E-state index is -2.79. The summed E-state index contributed by atoms with van der Waals surface area (Å²) in [7, 11) is 3.44. The molecule has 0 aromatic heterocycles. The van der Waals surface area contributed by atoms with Crippen LogP contribution in [-0.4, -0.2) is 81.6 Å². The van der Waals surface area contributed by atoms with E-state index in [1.807, 2.05) is 20.8 Å². The Morgan fingerprint density at radius 1 is 1.18 bits per heavy atom. The summed E-state index contributed by atoms with van der Waals surface area (Å²) in [5.41, 5.74) is 7.63. The van der Waals surface area contributed by atoms with E-state index in [9.17, 15) is 39.6 Å². The number of amides is 2. The molecule has 0 bridgehead atoms. The number of allylic oxidation sites excluding steroid dienone is 1. The Bertz CT molecular complexity index is 1410. The quantitative estimate of drug-likeness (QED) is 0.176. The molecule has 0 heterocycles. The Balaban J connectivity index is 1.85. The van der Waals surface area contributed by atoms with Crippen LogP contribution in [0.5, 0.6) is 5.75 Å². The SMILES string of the molecule is CN(C)c1cc(NC(=O)CNC(C)(C)C)c(O)c2c1C[C@H]1C[C@H]3[C@H](N)C(O)=C(C(N)=O)C(=O)[C@@]3(O)C(O)=C1C2=O. The Morgan fingerprint density at radius 2 is 1.80 bits per heavy atom. The summed E-state index contributed by atoms with van der Waals surface area (Å²) in [6.07, 6.45) is -0.00331. The van der Waals surface area contributed by atoms with E-state index in [2.05, 4.69) is 10.6 Å². The van der Waals surface area contributed by atoms with Crippen molar-refractivity contribution in [1.82, 2.24) is 5.32 Å². The first-order chi connectivity index (χ1) is 18.4. The predicted octanol–water partition coefficient (Wildman–Crippen LogP) is -0.0897. The number of aliphatic hydroxyl groups excluding tert-OH is 2. The van der Waals surface area contributed by atoms with Gasteiger partial charge in [-0.1, -0.05) is 0 Å². The molecule has 0 radical (unpaired) electrons. The fourth-order valence-corrected chi connectivity index (χ4v) is 5.80. The van der Waals surface area contributed by atoms with Crippen LogP contribution in [0.4, 0.5) is 11.4 Å². The number of fused-ring (bicyclic) bond motifs is 3. The van der Waals surface area contributed by atoms with E-state index in [4.69, 9.17) is 11.5 Å². The number of carbonyl (C=O) groups is 4. The van der Waals surface area contributed by atoms with Gasteiger partial charge in [-0.25, -0.2) is 0 Å². The molecule has 0 spiro atoms. The Morgan fingerprint density at radius 3 is 2.35 bits per heavy atom. The molecule has 13 nitrogen and oxygen atoms in total. The average Bonchev–Trinajstić information content (AvgIpc) is 2.84. The number of anilines is 2. The maximum atomic E-state index is 13.9. The summed E-state index contributed by atoms with van der Waals surface area (Å²) in [5.74, 6) is -8.40. The number of nitrogens with zero attached hydrogens (tertiary/aromatic N) is 1. The molecule has 10 N–H and O–H groups in total. The van der Waals surface area contributed by atoms with Crippen molar-refractivity contribution in [2.45, 2.75) is 50.8 Å². The largest absolute Gasteiger partial charge is 0.510 e. The lowest BCUT2D eigenvalue weighted by Crippen LogP contribution is -2.63. The lowest BCUT2D eigenvalue weighted by molar-refractivity contribution is -0.145. The van der Waals surface area contributed by atoms with Crippen LogP contribution >= 0.6 is 0 Å². The minimum Gasteiger partial charge on any atom is -0.510 e. The van der Waals surface area contributed by atoms with Crippen molar-refractivity contribution < 1.29 is 39.6 Å². The van der Waals surface area contributed by atoms with E-state index in [0.29, 0.717) is 11.3 Å². The smallest absolute Gasteiger partial charge is 0.255 e. The van der Waals surface area contributed by atoms with Gasteiger partial charge in [0.25, 0.3) is 5.91 Å². The maximum absolute atomic E-state index is 13.9. The van der Waals surface area contributed by atoms with Crippen molar-refractivity contribution >= 4 is 34.8 Å². The van der Waals surface area contributed by atoms with Gasteiger partial charge in [-0.3, -0.25) is 19.2 Å². The average molecular weight is 558 g/mol. The molecule has 0 unspecified atom stereocenters. The van der Waals surface area contributed by atoms with Crippen LogP contribution in [-0.2, 0) is 20.8 Å². The number of nitrogens with one attached hydrogen (secondary N) is 2. The van der Waals surface area contributed by atoms with Gasteiger partial charge >= 0.3 is 0 Å². The van der Waals surface area contributed by atoms with Gasteiger partial charge in [-0.2, -0.15) is 0 Å². The van der Waals surface area contributed by atoms with Gasteiger partial charge in [0, 0.05) is 36.8 Å². The number of aliphatic hydroxyl groups is 3. The first-order valence-corrected chi connectivity index (χ1v) is 12.8. The molecule has 3 aliphatic rings. The van der Waals surface area contributed by atoms with Crippen LogP contribution in [0.2, 0.25) is 0 Å². The number of benzene rings is 1. The Kier molecular flexibility index (Phi) is 6.98. The third-order valence-corrected chi connectivity index (χ3v) is 7.77. The number of carbonyl (C=O) groups excluding carboxylic acids is 4. The summed E-state index contributed by atoms with van der Waals surface area (Å²) >= 11 is 0. The molecule has 1 aromatic rings. The number of primary amides is 1. The lowest BCUT2D eigenvalue weighted by atomic mass is 9.59. The fourth-order valence-electron chi connectivity index (χ4n) is 5.80. The van der Waals surface area contributed by atoms with Crippen molar-refractivity contribution in [1.29, 1.82) is 0 Å². The third kappa shape index (κ3) is 4.39. The van der Waals surface area contributed by atoms with Gasteiger partial charge in [0.15, 0.2) is 17.1 Å². The zero-order chi connectivity index (χ0) is 30.1. The van der Waals surface area contributed by atoms with Crippen LogP contribution in [0.15, 0.2) is 28.7 Å². The second-order valence-electron chi connectivity index (χ2n) is 11.8. The number of phenolic OH excluding ortho intramolecular Hbond substituents is 1. The van der Waals surface area contributed by atoms with Crippen molar-refractivity contribution in [3.8, 4) is 5.75 Å². The molecular weight excluding hydrogens is 522 g/mol. The number of hydrogen-bond donors (Lipinski definition) is 8. The third-order valence-electron chi connectivity index (χ3n) is 7.77. The minimum absolute atomic E-state index is 0.0397. The summed E-state index contributed by atoms with van der Waals surface area (Å²) in [5, 5.41) is 50.0. The molecule has 13 heteroatoms. The van der Waals surface area contributed by atoms with Gasteiger partial charge in [0.1, 0.15) is 17.1 Å². The van der Waals surface area contributed by atoms with Crippen LogP contribution < -0.4 is 27.0 Å². The highest BCUT2D eigenvalue weighted by atomic mass is 16.3. The van der Waals surface area contributed by atoms with E-state index in [1.54, 1.807) is 19.0 Å². The first-order valence-electron chi connectivity index (χ1n) is 12.8. The topological polar surface area (TPSA) is 229 Å². The molecule has 2 amide bonds. The predicted molar refractivity (Wildman–Crippen MR) is 145 cm³/mol. The molecule has 1 aromatic carbocycles. The van der Waals surface area contributed by atoms with Crippen LogP contribution in [0.3, 0.4) is 0 Å². The van der Waals surface area contributed by atoms with E-state index in [-0.39, 0.29) is 41.7 Å². The first kappa shape index (κ1) is 29.1. The highest BCUT2D eigenvalue weighted by molar-refractivity contribution is 6.25. The molecule has 4 rings (SSSR count). The molecule has 4 atom stereocenters. The normalized spacial score (nSPS) is 26.2. The zero-order valence-corrected chi connectivity index (χ0v) is 23.0. The van der Waals surface area contributed by atoms with Crippen LogP contribution in [0.25, 0.3) is 0 Å². The number of aromatic hydroxyl groups is 1. The molecular formula is C27H35N5O8.